The molecule has 2 aliphatic rings. The van der Waals surface area contributed by atoms with Gasteiger partial charge in [0, 0.05) is 11.5 Å². The van der Waals surface area contributed by atoms with Gasteiger partial charge >= 0.3 is 17.1 Å². The van der Waals surface area contributed by atoms with Crippen molar-refractivity contribution < 1.29 is 57.4 Å². The van der Waals surface area contributed by atoms with E-state index < -0.39 is 0 Å². The smallest absolute Gasteiger partial charge is 0.687 e. The van der Waals surface area contributed by atoms with Crippen molar-refractivity contribution in [3.63, 3.8) is 0 Å². The SMILES string of the molecule is NC(=O)C1=CC[N-]C=C1.NC(=O)C1CC[N-]CC1.O=CO.O=CO.[Cu+2].[OH3+].[OH3+]. The molecule has 0 spiro atoms. The van der Waals surface area contributed by atoms with Crippen LogP contribution in [0.4, 0.5) is 0 Å². The summed E-state index contributed by atoms with van der Waals surface area (Å²) in [6.07, 6.45) is 6.60. The van der Waals surface area contributed by atoms with Gasteiger partial charge in [0.25, 0.3) is 12.9 Å². The van der Waals surface area contributed by atoms with Gasteiger partial charge in [0.15, 0.2) is 0 Å². The first-order valence-electron chi connectivity index (χ1n) is 6.85. The Morgan fingerprint density at radius 3 is 1.74 bits per heavy atom. The number of piperidine rings is 1. The predicted octanol–water partition coefficient (Wildman–Crippen LogP) is -1.89. The Balaban J connectivity index is -0.0000000856. The van der Waals surface area contributed by atoms with Crippen LogP contribution in [0.15, 0.2) is 23.9 Å². The number of nitrogens with two attached hydrogens (primary N) is 2. The summed E-state index contributed by atoms with van der Waals surface area (Å²) >= 11 is 0. The van der Waals surface area contributed by atoms with E-state index in [2.05, 4.69) is 10.6 Å². The summed E-state index contributed by atoms with van der Waals surface area (Å²) in [6.45, 7) is 1.69. The molecule has 0 aliphatic carbocycles. The summed E-state index contributed by atoms with van der Waals surface area (Å²) in [5.74, 6) is -0.450. The molecule has 0 aromatic heterocycles. The molecule has 12 nitrogen and oxygen atoms in total. The van der Waals surface area contributed by atoms with Crippen molar-refractivity contribution >= 4 is 24.8 Å². The predicted molar refractivity (Wildman–Crippen MR) is 96.8 cm³/mol. The zero-order valence-corrected chi connectivity index (χ0v) is 15.5. The van der Waals surface area contributed by atoms with E-state index in [-0.39, 0.29) is 58.7 Å². The van der Waals surface area contributed by atoms with E-state index in [1.165, 1.54) is 0 Å². The van der Waals surface area contributed by atoms with Crippen LogP contribution in [-0.4, -0.2) is 54.6 Å². The van der Waals surface area contributed by atoms with Crippen molar-refractivity contribution in [2.45, 2.75) is 12.8 Å². The minimum absolute atomic E-state index is 0. The summed E-state index contributed by atoms with van der Waals surface area (Å²) in [7, 11) is 0. The molecule has 0 aromatic carbocycles. The van der Waals surface area contributed by atoms with Crippen molar-refractivity contribution in [1.82, 2.24) is 0 Å². The molecule has 2 rings (SSSR count). The summed E-state index contributed by atoms with van der Waals surface area (Å²) in [6, 6.07) is 0. The molecule has 0 aromatic rings. The first kappa shape index (κ1) is 35.6. The Kier molecular flexibility index (Phi) is 34.0. The van der Waals surface area contributed by atoms with Crippen molar-refractivity contribution in [3.8, 4) is 0 Å². The van der Waals surface area contributed by atoms with Crippen molar-refractivity contribution in [2.75, 3.05) is 19.6 Å². The van der Waals surface area contributed by atoms with Crippen LogP contribution in [0.25, 0.3) is 10.6 Å². The van der Waals surface area contributed by atoms with E-state index in [0.29, 0.717) is 12.1 Å². The number of carbonyl (C=O) groups excluding carboxylic acids is 2. The molecule has 0 bridgehead atoms. The Morgan fingerprint density at radius 2 is 1.52 bits per heavy atom. The Hall–Kier alpha value is -2.44. The summed E-state index contributed by atoms with van der Waals surface area (Å²) in [5, 5.41) is 21.7. The molecule has 1 fully saturated rings. The Morgan fingerprint density at radius 1 is 1.07 bits per heavy atom. The molecule has 0 atom stereocenters. The second-order valence-corrected chi connectivity index (χ2v) is 4.26. The third-order valence-electron chi connectivity index (χ3n) is 2.73. The molecule has 1 radical (unpaired) electrons. The largest absolute Gasteiger partial charge is 2.00 e. The van der Waals surface area contributed by atoms with E-state index >= 15 is 0 Å². The number of rotatable bonds is 2. The van der Waals surface area contributed by atoms with Gasteiger partial charge in [0.2, 0.25) is 11.8 Å². The molecule has 2 aliphatic heterocycles. The maximum absolute atomic E-state index is 10.5. The fraction of sp³-hybridized carbons (Fsp3) is 0.429. The average molecular weight is 444 g/mol. The van der Waals surface area contributed by atoms with Gasteiger partial charge in [-0.05, 0) is 0 Å². The van der Waals surface area contributed by atoms with Crippen molar-refractivity contribution in [1.29, 1.82) is 0 Å². The van der Waals surface area contributed by atoms with Crippen LogP contribution in [0.2, 0.25) is 0 Å². The molecule has 27 heavy (non-hydrogen) atoms. The first-order valence-corrected chi connectivity index (χ1v) is 6.85. The molecule has 13 heteroatoms. The standard InChI is InChI=1S/C6H11N2O.C6H7N2O.2CH2O2.Cu.2H2O/c2*7-6(9)5-1-3-8-4-2-5;2*2-1-3;;;/h5H,1-4H2,(H2,7,9);1-3H,4H2,(H2,7,9);2*1H,(H,2,3);;2*1H2/q2*-1;;;+2;;/p+2. The second-order valence-electron chi connectivity index (χ2n) is 4.26. The van der Waals surface area contributed by atoms with E-state index in [0.717, 1.165) is 25.9 Å². The van der Waals surface area contributed by atoms with E-state index in [1.807, 2.05) is 0 Å². The molecule has 12 N–H and O–H groups in total. The van der Waals surface area contributed by atoms with Gasteiger partial charge in [0.05, 0.1) is 0 Å². The fourth-order valence-corrected chi connectivity index (χ4v) is 1.63. The van der Waals surface area contributed by atoms with Gasteiger partial charge < -0.3 is 43.3 Å². The average Bonchev–Trinajstić information content (AvgIpc) is 2.58. The number of hydrogen-bond acceptors (Lipinski definition) is 4. The normalized spacial score (nSPS) is 13.6. The van der Waals surface area contributed by atoms with Gasteiger partial charge in [-0.1, -0.05) is 25.0 Å². The molecule has 0 unspecified atom stereocenters. The van der Waals surface area contributed by atoms with Crippen LogP contribution in [0.3, 0.4) is 0 Å². The van der Waals surface area contributed by atoms with E-state index in [9.17, 15) is 9.59 Å². The number of carboxylic acid groups (broad SMARTS) is 2. The molecule has 161 valence electrons. The van der Waals surface area contributed by atoms with Crippen LogP contribution in [0, 0.1) is 5.92 Å². The minimum atomic E-state index is -0.388. The molecular formula is C14H28CuN4O8+2. The quantitative estimate of drug-likeness (QED) is 0.215. The van der Waals surface area contributed by atoms with Crippen LogP contribution in [0.5, 0.6) is 0 Å². The van der Waals surface area contributed by atoms with E-state index in [1.54, 1.807) is 18.4 Å². The maximum atomic E-state index is 10.5. The topological polar surface area (TPSA) is 255 Å². The maximum Gasteiger partial charge on any atom is 2.00 e. The van der Waals surface area contributed by atoms with Gasteiger partial charge in [-0.2, -0.15) is 6.20 Å². The van der Waals surface area contributed by atoms with E-state index in [4.69, 9.17) is 31.3 Å². The number of nitrogens with zero attached hydrogens (tertiary/aromatic N) is 2. The zero-order valence-electron chi connectivity index (χ0n) is 14.5. The molecular weight excluding hydrogens is 416 g/mol. The summed E-state index contributed by atoms with van der Waals surface area (Å²) in [4.78, 5) is 37.7. The fourth-order valence-electron chi connectivity index (χ4n) is 1.63. The number of hydrogen-bond donors (Lipinski definition) is 4. The molecule has 0 saturated carbocycles. The summed E-state index contributed by atoms with van der Waals surface area (Å²) in [5.41, 5.74) is 10.6. The number of amides is 2. The molecule has 2 amide bonds. The third-order valence-corrected chi connectivity index (χ3v) is 2.73. The van der Waals surface area contributed by atoms with Gasteiger partial charge in [-0.3, -0.25) is 19.2 Å². The second kappa shape index (κ2) is 25.8. The van der Waals surface area contributed by atoms with Crippen LogP contribution in [0.1, 0.15) is 12.8 Å². The van der Waals surface area contributed by atoms with Crippen molar-refractivity contribution in [2.24, 2.45) is 17.4 Å². The summed E-state index contributed by atoms with van der Waals surface area (Å²) < 4.78 is 0. The van der Waals surface area contributed by atoms with Crippen LogP contribution in [-0.2, 0) is 47.2 Å². The minimum Gasteiger partial charge on any atom is -0.687 e. The Bertz CT molecular complexity index is 448. The van der Waals surface area contributed by atoms with Crippen LogP contribution < -0.4 is 11.5 Å². The zero-order chi connectivity index (χ0) is 18.8. The van der Waals surface area contributed by atoms with Gasteiger partial charge in [-0.15, -0.1) is 19.6 Å². The third kappa shape index (κ3) is 23.6. The molecule has 1 saturated heterocycles. The Labute approximate surface area is 167 Å². The van der Waals surface area contributed by atoms with Gasteiger partial charge in [0.1, 0.15) is 0 Å². The van der Waals surface area contributed by atoms with Crippen molar-refractivity contribution in [3.05, 3.63) is 34.6 Å². The first-order chi connectivity index (χ1) is 11.4. The number of carbonyl (C=O) groups is 4. The number of primary amides is 2. The van der Waals surface area contributed by atoms with Gasteiger partial charge in [-0.25, -0.2) is 0 Å². The monoisotopic (exact) mass is 443 g/mol. The van der Waals surface area contributed by atoms with Crippen LogP contribution >= 0.6 is 0 Å². The molecule has 2 heterocycles.